The topological polar surface area (TPSA) is 0 Å². The number of hydrogen-bond acceptors (Lipinski definition) is 0. The largest absolute Gasteiger partial charge is 0.673 e. The summed E-state index contributed by atoms with van der Waals surface area (Å²) in [7, 11) is -6.00. The normalized spacial score (nSPS) is 11.1. The van der Waals surface area contributed by atoms with E-state index in [2.05, 4.69) is 16.2 Å². The van der Waals surface area contributed by atoms with Crippen LogP contribution in [0.15, 0.2) is 58.7 Å². The van der Waals surface area contributed by atoms with E-state index in [0.717, 1.165) is 0 Å². The molecule has 112 valence electrons. The van der Waals surface area contributed by atoms with Crippen LogP contribution in [0, 0.1) is 9.39 Å². The van der Waals surface area contributed by atoms with E-state index in [9.17, 15) is 21.7 Å². The summed E-state index contributed by atoms with van der Waals surface area (Å²) in [6.45, 7) is 0. The van der Waals surface area contributed by atoms with Gasteiger partial charge in [-0.1, -0.05) is 36.4 Å². The van der Waals surface area contributed by atoms with Gasteiger partial charge < -0.3 is 17.3 Å². The second-order valence-electron chi connectivity index (χ2n) is 3.71. The Hall–Kier alpha value is -1.38. The molecule has 2 aromatic rings. The molecular weight excluding hydrogens is 401 g/mol. The number of hydrogen-bond donors (Lipinski definition) is 0. The second-order valence-corrected chi connectivity index (χ2v) is 6.30. The molecule has 0 bridgehead atoms. The van der Waals surface area contributed by atoms with Gasteiger partial charge in [0.2, 0.25) is 0 Å². The minimum Gasteiger partial charge on any atom is -0.418 e. The number of rotatable bonds is 3. The molecule has 0 radical (unpaired) electrons. The van der Waals surface area contributed by atoms with Crippen LogP contribution in [-0.4, -0.2) is 7.25 Å². The fourth-order valence-electron chi connectivity index (χ4n) is 1.27. The molecule has 0 fully saturated rings. The molecule has 0 aromatic heterocycles. The third kappa shape index (κ3) is 9.22. The van der Waals surface area contributed by atoms with Gasteiger partial charge in [0.15, 0.2) is 7.65 Å². The zero-order valence-corrected chi connectivity index (χ0v) is 12.9. The Morgan fingerprint density at radius 2 is 1.33 bits per heavy atom. The molecule has 2 aromatic carbocycles. The highest BCUT2D eigenvalue weighted by atomic mass is 127. The standard InChI is InChI=1S/C14H11FI.BF4/c15-14-9-5-4-6-12(14)10-11-16-13-7-2-1-3-8-13;2-1(3,4)5/h1-11H;/q+1;-1/b11-10+;. The van der Waals surface area contributed by atoms with Gasteiger partial charge in [-0.2, -0.15) is 0 Å². The summed E-state index contributed by atoms with van der Waals surface area (Å²) in [6, 6.07) is 17.1. The molecule has 0 saturated carbocycles. The van der Waals surface area contributed by atoms with Crippen molar-refractivity contribution in [2.24, 2.45) is 0 Å². The molecule has 0 aliphatic heterocycles. The summed E-state index contributed by atoms with van der Waals surface area (Å²) in [5.41, 5.74) is 0.665. The smallest absolute Gasteiger partial charge is 0.418 e. The summed E-state index contributed by atoms with van der Waals surface area (Å²) in [5.74, 6) is -0.157. The lowest BCUT2D eigenvalue weighted by atomic mass is 10.2. The predicted octanol–water partition coefficient (Wildman–Crippen LogP) is 2.06. The van der Waals surface area contributed by atoms with Gasteiger partial charge in [-0.15, -0.1) is 0 Å². The van der Waals surface area contributed by atoms with Crippen molar-refractivity contribution in [2.75, 3.05) is 0 Å². The SMILES string of the molecule is F[B-](F)(F)F.Fc1ccccc1/C=C/[I+]c1ccccc1. The Morgan fingerprint density at radius 1 is 0.810 bits per heavy atom. The van der Waals surface area contributed by atoms with E-state index in [1.807, 2.05) is 30.3 Å². The quantitative estimate of drug-likeness (QED) is 0.412. The van der Waals surface area contributed by atoms with Crippen molar-refractivity contribution in [3.63, 3.8) is 0 Å². The van der Waals surface area contributed by atoms with Gasteiger partial charge in [-0.05, 0) is 24.3 Å². The van der Waals surface area contributed by atoms with Crippen LogP contribution in [0.4, 0.5) is 21.7 Å². The van der Waals surface area contributed by atoms with Gasteiger partial charge in [0.1, 0.15) is 5.82 Å². The highest BCUT2D eigenvalue weighted by Crippen LogP contribution is 2.07. The van der Waals surface area contributed by atoms with Crippen molar-refractivity contribution in [1.29, 1.82) is 0 Å². The van der Waals surface area contributed by atoms with Crippen molar-refractivity contribution in [3.8, 4) is 0 Å². The van der Waals surface area contributed by atoms with Crippen LogP contribution in [0.1, 0.15) is 5.56 Å². The molecule has 21 heavy (non-hydrogen) atoms. The molecule has 7 heteroatoms. The third-order valence-corrected chi connectivity index (χ3v) is 4.23. The van der Waals surface area contributed by atoms with E-state index in [1.165, 1.54) is 9.64 Å². The Morgan fingerprint density at radius 3 is 1.90 bits per heavy atom. The summed E-state index contributed by atoms with van der Waals surface area (Å²) >= 11 is -0.159. The maximum atomic E-state index is 13.3. The summed E-state index contributed by atoms with van der Waals surface area (Å²) in [6.07, 6.45) is 1.87. The summed E-state index contributed by atoms with van der Waals surface area (Å²) in [5, 5.41) is 0. The molecule has 2 rings (SSSR count). The van der Waals surface area contributed by atoms with Crippen molar-refractivity contribution < 1.29 is 42.9 Å². The molecule has 0 unspecified atom stereocenters. The van der Waals surface area contributed by atoms with Crippen molar-refractivity contribution in [2.45, 2.75) is 0 Å². The minimum absolute atomic E-state index is 0.157. The average molecular weight is 412 g/mol. The van der Waals surface area contributed by atoms with Gasteiger partial charge in [-0.3, -0.25) is 0 Å². The molecule has 0 aliphatic rings. The van der Waals surface area contributed by atoms with Crippen LogP contribution >= 0.6 is 0 Å². The van der Waals surface area contributed by atoms with Crippen molar-refractivity contribution >= 4 is 13.3 Å². The molecular formula is C14H11BF5I. The van der Waals surface area contributed by atoms with E-state index >= 15 is 0 Å². The Bertz CT molecular complexity index is 563. The molecule has 0 spiro atoms. The number of benzene rings is 2. The second kappa shape index (κ2) is 8.81. The fraction of sp³-hybridized carbons (Fsp3) is 0. The summed E-state index contributed by atoms with van der Waals surface area (Å²) in [4.78, 5) is 0. The first kappa shape index (κ1) is 17.7. The Labute approximate surface area is 130 Å². The molecule has 0 nitrogen and oxygen atoms in total. The number of halogens is 6. The summed E-state index contributed by atoms with van der Waals surface area (Å²) < 4.78 is 55.7. The van der Waals surface area contributed by atoms with Crippen molar-refractivity contribution in [1.82, 2.24) is 0 Å². The molecule has 0 heterocycles. The predicted molar refractivity (Wildman–Crippen MR) is 70.8 cm³/mol. The first-order valence-electron chi connectivity index (χ1n) is 5.83. The van der Waals surface area contributed by atoms with Gasteiger partial charge in [0, 0.05) is 5.56 Å². The van der Waals surface area contributed by atoms with Crippen LogP contribution in [0.3, 0.4) is 0 Å². The monoisotopic (exact) mass is 412 g/mol. The van der Waals surface area contributed by atoms with Crippen LogP contribution in [0.2, 0.25) is 0 Å². The van der Waals surface area contributed by atoms with E-state index in [0.29, 0.717) is 5.56 Å². The first-order valence-corrected chi connectivity index (χ1v) is 8.15. The highest BCUT2D eigenvalue weighted by Gasteiger charge is 2.20. The lowest BCUT2D eigenvalue weighted by molar-refractivity contribution is -0.555. The highest BCUT2D eigenvalue weighted by molar-refractivity contribution is 6.50. The van der Waals surface area contributed by atoms with Crippen LogP contribution < -0.4 is 21.2 Å². The fourth-order valence-corrected chi connectivity index (χ4v) is 3.08. The molecule has 0 amide bonds. The minimum atomic E-state index is -6.00. The van der Waals surface area contributed by atoms with Crippen molar-refractivity contribution in [3.05, 3.63) is 73.6 Å². The van der Waals surface area contributed by atoms with E-state index in [1.54, 1.807) is 12.1 Å². The Balaban J connectivity index is 0.000000383. The average Bonchev–Trinajstić information content (AvgIpc) is 2.40. The molecule has 0 N–H and O–H groups in total. The first-order chi connectivity index (χ1) is 9.86. The molecule has 0 atom stereocenters. The third-order valence-electron chi connectivity index (χ3n) is 2.07. The van der Waals surface area contributed by atoms with Gasteiger partial charge in [0.05, 0.1) is 0 Å². The van der Waals surface area contributed by atoms with Crippen LogP contribution in [-0.2, 0) is 0 Å². The van der Waals surface area contributed by atoms with Gasteiger partial charge in [0.25, 0.3) is 0 Å². The van der Waals surface area contributed by atoms with Gasteiger partial charge >= 0.3 is 28.5 Å². The zero-order chi connectivity index (χ0) is 15.7. The van der Waals surface area contributed by atoms with E-state index < -0.39 is 7.25 Å². The maximum Gasteiger partial charge on any atom is 0.673 e. The van der Waals surface area contributed by atoms with Crippen LogP contribution in [0.5, 0.6) is 0 Å². The molecule has 0 aliphatic carbocycles. The maximum absolute atomic E-state index is 13.3. The lowest BCUT2D eigenvalue weighted by Crippen LogP contribution is -3.59. The Kier molecular flexibility index (Phi) is 7.42. The van der Waals surface area contributed by atoms with Crippen LogP contribution in [0.25, 0.3) is 6.08 Å². The zero-order valence-electron chi connectivity index (χ0n) is 10.7. The lowest BCUT2D eigenvalue weighted by Gasteiger charge is -1.94. The van der Waals surface area contributed by atoms with E-state index in [-0.39, 0.29) is 27.0 Å². The molecule has 0 saturated heterocycles. The van der Waals surface area contributed by atoms with Gasteiger partial charge in [-0.25, -0.2) is 4.39 Å². The van der Waals surface area contributed by atoms with E-state index in [4.69, 9.17) is 0 Å².